The zero-order valence-corrected chi connectivity index (χ0v) is 15.5. The lowest BCUT2D eigenvalue weighted by Gasteiger charge is -2.21. The fourth-order valence-electron chi connectivity index (χ4n) is 2.48. The first kappa shape index (κ1) is 20.0. The average Bonchev–Trinajstić information content (AvgIpc) is 2.67. The van der Waals surface area contributed by atoms with Gasteiger partial charge in [-0.2, -0.15) is 0 Å². The molecule has 0 saturated heterocycles. The molecule has 0 aliphatic carbocycles. The van der Waals surface area contributed by atoms with Crippen molar-refractivity contribution in [3.05, 3.63) is 60.2 Å². The number of carbonyl (C=O) groups is 3. The molecule has 0 spiro atoms. The van der Waals surface area contributed by atoms with E-state index in [2.05, 4.69) is 5.32 Å². The lowest BCUT2D eigenvalue weighted by atomic mass is 10.1. The molecule has 0 bridgehead atoms. The molecule has 2 aromatic carbocycles. The van der Waals surface area contributed by atoms with Gasteiger partial charge < -0.3 is 20.2 Å². The van der Waals surface area contributed by atoms with E-state index in [0.29, 0.717) is 11.3 Å². The highest BCUT2D eigenvalue weighted by atomic mass is 16.4. The normalized spacial score (nSPS) is 11.4. The van der Waals surface area contributed by atoms with E-state index in [-0.39, 0.29) is 12.5 Å². The monoisotopic (exact) mass is 369 g/mol. The fraction of sp³-hybridized carbons (Fsp3) is 0.250. The van der Waals surface area contributed by atoms with Gasteiger partial charge in [-0.3, -0.25) is 9.59 Å². The van der Waals surface area contributed by atoms with Crippen LogP contribution in [0.4, 0.5) is 16.2 Å². The molecule has 2 rings (SSSR count). The largest absolute Gasteiger partial charge is 0.481 e. The second kappa shape index (κ2) is 8.84. The Morgan fingerprint density at radius 1 is 1.04 bits per heavy atom. The Kier molecular flexibility index (Phi) is 6.54. The number of nitrogens with zero attached hydrogens (tertiary/aromatic N) is 2. The van der Waals surface area contributed by atoms with Crippen LogP contribution in [0.1, 0.15) is 17.3 Å². The molecular weight excluding hydrogens is 346 g/mol. The molecule has 0 saturated carbocycles. The van der Waals surface area contributed by atoms with E-state index in [1.165, 1.54) is 23.8 Å². The van der Waals surface area contributed by atoms with Gasteiger partial charge in [-0.15, -0.1) is 0 Å². The van der Waals surface area contributed by atoms with Crippen LogP contribution < -0.4 is 10.2 Å². The summed E-state index contributed by atoms with van der Waals surface area (Å²) >= 11 is 0. The van der Waals surface area contributed by atoms with Crippen LogP contribution in [0.2, 0.25) is 0 Å². The molecule has 0 aromatic heterocycles. The molecule has 142 valence electrons. The van der Waals surface area contributed by atoms with Gasteiger partial charge in [-0.05, 0) is 30.3 Å². The van der Waals surface area contributed by atoms with E-state index in [4.69, 9.17) is 5.11 Å². The van der Waals surface area contributed by atoms with E-state index >= 15 is 0 Å². The summed E-state index contributed by atoms with van der Waals surface area (Å²) in [5.74, 6) is -1.84. The van der Waals surface area contributed by atoms with E-state index in [1.54, 1.807) is 31.3 Å². The minimum Gasteiger partial charge on any atom is -0.481 e. The van der Waals surface area contributed by atoms with Crippen LogP contribution in [0.3, 0.4) is 0 Å². The van der Waals surface area contributed by atoms with Gasteiger partial charge in [0.1, 0.15) is 0 Å². The molecule has 0 aliphatic rings. The third-order valence-electron chi connectivity index (χ3n) is 4.12. The van der Waals surface area contributed by atoms with Crippen molar-refractivity contribution in [3.63, 3.8) is 0 Å². The second-order valence-corrected chi connectivity index (χ2v) is 6.33. The summed E-state index contributed by atoms with van der Waals surface area (Å²) in [6.07, 6.45) is 0. The molecular formula is C20H23N3O4. The Bertz CT molecular complexity index is 823. The third kappa shape index (κ3) is 5.31. The first-order valence-electron chi connectivity index (χ1n) is 8.47. The summed E-state index contributed by atoms with van der Waals surface area (Å²) in [6.45, 7) is 1.61. The van der Waals surface area contributed by atoms with Gasteiger partial charge in [0, 0.05) is 37.6 Å². The molecule has 3 amide bonds. The van der Waals surface area contributed by atoms with Crippen LogP contribution in [0.5, 0.6) is 0 Å². The quantitative estimate of drug-likeness (QED) is 0.818. The topological polar surface area (TPSA) is 90.0 Å². The van der Waals surface area contributed by atoms with Crippen molar-refractivity contribution in [1.29, 1.82) is 0 Å². The Morgan fingerprint density at radius 2 is 1.70 bits per heavy atom. The summed E-state index contributed by atoms with van der Waals surface area (Å²) in [7, 11) is 3.21. The SMILES string of the molecule is CC(CN(C)C(=O)Nc1cccc(C(=O)N(C)c2ccccc2)c1)C(=O)O. The van der Waals surface area contributed by atoms with Crippen LogP contribution in [0.15, 0.2) is 54.6 Å². The molecule has 0 heterocycles. The fourth-order valence-corrected chi connectivity index (χ4v) is 2.48. The van der Waals surface area contributed by atoms with Crippen LogP contribution in [0.25, 0.3) is 0 Å². The van der Waals surface area contributed by atoms with Crippen molar-refractivity contribution in [2.24, 2.45) is 5.92 Å². The van der Waals surface area contributed by atoms with E-state index in [9.17, 15) is 14.4 Å². The zero-order valence-electron chi connectivity index (χ0n) is 15.5. The maximum atomic E-state index is 12.7. The van der Waals surface area contributed by atoms with Gasteiger partial charge in [0.2, 0.25) is 0 Å². The molecule has 7 heteroatoms. The smallest absolute Gasteiger partial charge is 0.321 e. The highest BCUT2D eigenvalue weighted by Gasteiger charge is 2.18. The van der Waals surface area contributed by atoms with E-state index in [1.807, 2.05) is 30.3 Å². The number of amides is 3. The first-order valence-corrected chi connectivity index (χ1v) is 8.47. The number of carboxylic acids is 1. The minimum atomic E-state index is -0.966. The van der Waals surface area contributed by atoms with Gasteiger partial charge in [-0.25, -0.2) is 4.79 Å². The number of anilines is 2. The summed E-state index contributed by atoms with van der Waals surface area (Å²) < 4.78 is 0. The second-order valence-electron chi connectivity index (χ2n) is 6.33. The Labute approximate surface area is 158 Å². The molecule has 7 nitrogen and oxygen atoms in total. The summed E-state index contributed by atoms with van der Waals surface area (Å²) in [6, 6.07) is 15.4. The number of aliphatic carboxylic acids is 1. The summed E-state index contributed by atoms with van der Waals surface area (Å²) in [5, 5.41) is 11.6. The maximum absolute atomic E-state index is 12.7. The number of carboxylic acid groups (broad SMARTS) is 1. The van der Waals surface area contributed by atoms with Crippen molar-refractivity contribution >= 4 is 29.3 Å². The van der Waals surface area contributed by atoms with Crippen molar-refractivity contribution in [3.8, 4) is 0 Å². The number of rotatable bonds is 6. The number of hydrogen-bond acceptors (Lipinski definition) is 3. The molecule has 27 heavy (non-hydrogen) atoms. The highest BCUT2D eigenvalue weighted by molar-refractivity contribution is 6.06. The van der Waals surface area contributed by atoms with Crippen LogP contribution in [0, 0.1) is 5.92 Å². The molecule has 2 aromatic rings. The number of urea groups is 1. The van der Waals surface area contributed by atoms with Crippen molar-refractivity contribution in [1.82, 2.24) is 4.90 Å². The zero-order chi connectivity index (χ0) is 20.0. The molecule has 2 N–H and O–H groups in total. The number of hydrogen-bond donors (Lipinski definition) is 2. The predicted molar refractivity (Wildman–Crippen MR) is 104 cm³/mol. The van der Waals surface area contributed by atoms with Crippen LogP contribution in [-0.2, 0) is 4.79 Å². The molecule has 0 fully saturated rings. The standard InChI is InChI=1S/C20H23N3O4/c1-14(19(25)26)13-22(2)20(27)21-16-9-7-8-15(12-16)18(24)23(3)17-10-5-4-6-11-17/h4-12,14H,13H2,1-3H3,(H,21,27)(H,25,26). The Hall–Kier alpha value is -3.35. The van der Waals surface area contributed by atoms with E-state index in [0.717, 1.165) is 5.69 Å². The summed E-state index contributed by atoms with van der Waals surface area (Å²) in [5.41, 5.74) is 1.65. The van der Waals surface area contributed by atoms with E-state index < -0.39 is 17.9 Å². The number of nitrogens with one attached hydrogen (secondary N) is 1. The lowest BCUT2D eigenvalue weighted by Crippen LogP contribution is -2.36. The van der Waals surface area contributed by atoms with Gasteiger partial charge in [0.05, 0.1) is 5.92 Å². The van der Waals surface area contributed by atoms with Gasteiger partial charge in [-0.1, -0.05) is 31.2 Å². The van der Waals surface area contributed by atoms with Crippen LogP contribution in [-0.4, -0.2) is 48.6 Å². The molecule has 0 radical (unpaired) electrons. The van der Waals surface area contributed by atoms with Crippen molar-refractivity contribution < 1.29 is 19.5 Å². The predicted octanol–water partition coefficient (Wildman–Crippen LogP) is 3.15. The van der Waals surface area contributed by atoms with Crippen molar-refractivity contribution in [2.45, 2.75) is 6.92 Å². The number of benzene rings is 2. The third-order valence-corrected chi connectivity index (χ3v) is 4.12. The number of para-hydroxylation sites is 1. The highest BCUT2D eigenvalue weighted by Crippen LogP contribution is 2.17. The van der Waals surface area contributed by atoms with Crippen molar-refractivity contribution in [2.75, 3.05) is 30.9 Å². The Morgan fingerprint density at radius 3 is 2.33 bits per heavy atom. The Balaban J connectivity index is 2.07. The summed E-state index contributed by atoms with van der Waals surface area (Å²) in [4.78, 5) is 38.6. The molecule has 1 atom stereocenters. The molecule has 1 unspecified atom stereocenters. The van der Waals surface area contributed by atoms with Gasteiger partial charge >= 0.3 is 12.0 Å². The van der Waals surface area contributed by atoms with Gasteiger partial charge in [0.15, 0.2) is 0 Å². The number of carbonyl (C=O) groups excluding carboxylic acids is 2. The lowest BCUT2D eigenvalue weighted by molar-refractivity contribution is -0.141. The maximum Gasteiger partial charge on any atom is 0.321 e. The minimum absolute atomic E-state index is 0.0799. The average molecular weight is 369 g/mol. The first-order chi connectivity index (χ1) is 12.8. The van der Waals surface area contributed by atoms with Gasteiger partial charge in [0.25, 0.3) is 5.91 Å². The van der Waals surface area contributed by atoms with Crippen LogP contribution >= 0.6 is 0 Å². The molecule has 0 aliphatic heterocycles.